The van der Waals surface area contributed by atoms with Crippen LogP contribution < -0.4 is 10.5 Å². The Bertz CT molecular complexity index is 552. The number of rotatable bonds is 4. The molecule has 1 saturated carbocycles. The van der Waals surface area contributed by atoms with Crippen molar-refractivity contribution in [2.75, 3.05) is 26.3 Å². The van der Waals surface area contributed by atoms with Gasteiger partial charge in [0.25, 0.3) is 0 Å². The van der Waals surface area contributed by atoms with Crippen LogP contribution in [0.5, 0.6) is 5.75 Å². The second kappa shape index (κ2) is 8.19. The lowest BCUT2D eigenvalue weighted by Gasteiger charge is -2.31. The van der Waals surface area contributed by atoms with E-state index in [-0.39, 0.29) is 30.1 Å². The molecule has 0 aromatic heterocycles. The number of ether oxygens (including phenoxy) is 2. The fraction of sp³-hybridized carbons (Fsp3) is 0.588. The van der Waals surface area contributed by atoms with Crippen LogP contribution in [-0.2, 0) is 4.74 Å². The maximum absolute atomic E-state index is 6.17. The Balaban J connectivity index is 0.00000192. The molecule has 2 aliphatic rings. The normalized spacial score (nSPS) is 27.3. The Labute approximate surface area is 155 Å². The number of hydrogen-bond acceptors (Lipinski definition) is 3. The first-order valence-electron chi connectivity index (χ1n) is 8.10. The lowest BCUT2D eigenvalue weighted by atomic mass is 10.1. The van der Waals surface area contributed by atoms with E-state index in [9.17, 15) is 0 Å². The van der Waals surface area contributed by atoms with Gasteiger partial charge in [-0.15, -0.1) is 24.0 Å². The van der Waals surface area contributed by atoms with Gasteiger partial charge >= 0.3 is 0 Å². The predicted octanol–water partition coefficient (Wildman–Crippen LogP) is 2.59. The van der Waals surface area contributed by atoms with Crippen LogP contribution in [0.4, 0.5) is 0 Å². The molecule has 2 fully saturated rings. The van der Waals surface area contributed by atoms with E-state index in [2.05, 4.69) is 24.0 Å². The molecule has 1 aromatic carbocycles. The van der Waals surface area contributed by atoms with Gasteiger partial charge < -0.3 is 20.1 Å². The first kappa shape index (κ1) is 18.3. The van der Waals surface area contributed by atoms with Crippen molar-refractivity contribution in [2.45, 2.75) is 38.3 Å². The minimum absolute atomic E-state index is 0. The topological polar surface area (TPSA) is 60.1 Å². The van der Waals surface area contributed by atoms with Crippen molar-refractivity contribution in [1.82, 2.24) is 4.90 Å². The zero-order valence-electron chi connectivity index (χ0n) is 13.8. The van der Waals surface area contributed by atoms with E-state index in [0.717, 1.165) is 31.9 Å². The molecule has 0 bridgehead atoms. The Hall–Kier alpha value is -1.02. The molecule has 0 radical (unpaired) electrons. The number of guanidine groups is 1. The predicted molar refractivity (Wildman–Crippen MR) is 103 cm³/mol. The lowest BCUT2D eigenvalue weighted by Crippen LogP contribution is -2.48. The summed E-state index contributed by atoms with van der Waals surface area (Å²) in [6, 6.07) is 8.62. The maximum atomic E-state index is 6.17. The van der Waals surface area contributed by atoms with E-state index >= 15 is 0 Å². The third-order valence-corrected chi connectivity index (χ3v) is 4.22. The summed E-state index contributed by atoms with van der Waals surface area (Å²) in [5.74, 6) is 2.06. The quantitative estimate of drug-likeness (QED) is 0.453. The summed E-state index contributed by atoms with van der Waals surface area (Å²) in [6.07, 6.45) is 1.29. The first-order chi connectivity index (χ1) is 10.7. The van der Waals surface area contributed by atoms with Gasteiger partial charge in [-0.3, -0.25) is 0 Å². The fourth-order valence-corrected chi connectivity index (χ4v) is 2.96. The zero-order chi connectivity index (χ0) is 15.5. The van der Waals surface area contributed by atoms with Gasteiger partial charge in [0.2, 0.25) is 0 Å². The summed E-state index contributed by atoms with van der Waals surface area (Å²) in [7, 11) is 0. The summed E-state index contributed by atoms with van der Waals surface area (Å²) in [4.78, 5) is 6.83. The molecule has 5 nitrogen and oxygen atoms in total. The monoisotopic (exact) mass is 431 g/mol. The van der Waals surface area contributed by atoms with Crippen molar-refractivity contribution in [2.24, 2.45) is 10.7 Å². The number of nitrogens with zero attached hydrogens (tertiary/aromatic N) is 2. The van der Waals surface area contributed by atoms with Crippen molar-refractivity contribution in [3.63, 3.8) is 0 Å². The van der Waals surface area contributed by atoms with Gasteiger partial charge in [0.05, 0.1) is 25.4 Å². The van der Waals surface area contributed by atoms with Crippen LogP contribution in [0.15, 0.2) is 29.3 Å². The number of benzene rings is 1. The molecule has 3 atom stereocenters. The SMILES string of the molecule is CCOc1cccc([C@@H]2C[C@H]2N=C(N)N2CCOC(C)C2)c1.I. The standard InChI is InChI=1S/C17H25N3O2.HI/c1-3-21-14-6-4-5-13(9-14)15-10-16(15)19-17(18)20-7-8-22-12(2)11-20;/h4-6,9,12,15-16H,3,7-8,10-11H2,1-2H3,(H2,18,19);1H/t12?,15-,16+;/m0./s1. The second-order valence-electron chi connectivity index (χ2n) is 6.03. The van der Waals surface area contributed by atoms with Gasteiger partial charge in [0.1, 0.15) is 5.75 Å². The number of halogens is 1. The molecule has 23 heavy (non-hydrogen) atoms. The van der Waals surface area contributed by atoms with Gasteiger partial charge in [-0.2, -0.15) is 0 Å². The van der Waals surface area contributed by atoms with Crippen molar-refractivity contribution in [1.29, 1.82) is 0 Å². The number of hydrogen-bond donors (Lipinski definition) is 1. The van der Waals surface area contributed by atoms with Crippen LogP contribution in [0.3, 0.4) is 0 Å². The highest BCUT2D eigenvalue weighted by Gasteiger charge is 2.39. The van der Waals surface area contributed by atoms with E-state index in [1.165, 1.54) is 5.56 Å². The molecule has 6 heteroatoms. The third kappa shape index (κ3) is 4.73. The molecule has 1 saturated heterocycles. The Morgan fingerprint density at radius 2 is 2.30 bits per heavy atom. The van der Waals surface area contributed by atoms with Crippen molar-refractivity contribution >= 4 is 29.9 Å². The summed E-state index contributed by atoms with van der Waals surface area (Å²) in [6.45, 7) is 7.14. The average Bonchev–Trinajstić information content (AvgIpc) is 3.27. The zero-order valence-corrected chi connectivity index (χ0v) is 16.1. The molecule has 1 heterocycles. The second-order valence-corrected chi connectivity index (χ2v) is 6.03. The van der Waals surface area contributed by atoms with Gasteiger partial charge in [-0.1, -0.05) is 12.1 Å². The highest BCUT2D eigenvalue weighted by atomic mass is 127. The van der Waals surface area contributed by atoms with Crippen LogP contribution in [0, 0.1) is 0 Å². The van der Waals surface area contributed by atoms with E-state index in [1.807, 2.05) is 19.1 Å². The molecule has 1 unspecified atom stereocenters. The van der Waals surface area contributed by atoms with E-state index in [4.69, 9.17) is 20.2 Å². The Morgan fingerprint density at radius 3 is 3.04 bits per heavy atom. The summed E-state index contributed by atoms with van der Waals surface area (Å²) >= 11 is 0. The largest absolute Gasteiger partial charge is 0.494 e. The number of aliphatic imine (C=N–C) groups is 1. The van der Waals surface area contributed by atoms with Gasteiger partial charge in [-0.25, -0.2) is 4.99 Å². The van der Waals surface area contributed by atoms with Gasteiger partial charge in [0, 0.05) is 19.0 Å². The Morgan fingerprint density at radius 1 is 1.48 bits per heavy atom. The molecule has 3 rings (SSSR count). The fourth-order valence-electron chi connectivity index (χ4n) is 2.96. The smallest absolute Gasteiger partial charge is 0.191 e. The van der Waals surface area contributed by atoms with Crippen LogP contribution in [0.1, 0.15) is 31.7 Å². The molecule has 1 aromatic rings. The molecule has 2 N–H and O–H groups in total. The maximum Gasteiger partial charge on any atom is 0.191 e. The average molecular weight is 431 g/mol. The molecule has 0 amide bonds. The molecular weight excluding hydrogens is 405 g/mol. The van der Waals surface area contributed by atoms with E-state index < -0.39 is 0 Å². The molecule has 1 aliphatic heterocycles. The molecule has 128 valence electrons. The van der Waals surface area contributed by atoms with Crippen molar-refractivity contribution in [3.8, 4) is 5.75 Å². The highest BCUT2D eigenvalue weighted by Crippen LogP contribution is 2.44. The molecular formula is C17H26IN3O2. The van der Waals surface area contributed by atoms with Crippen LogP contribution >= 0.6 is 24.0 Å². The Kier molecular flexibility index (Phi) is 6.52. The van der Waals surface area contributed by atoms with Crippen LogP contribution in [0.2, 0.25) is 0 Å². The minimum atomic E-state index is 0. The minimum Gasteiger partial charge on any atom is -0.494 e. The van der Waals surface area contributed by atoms with Crippen molar-refractivity contribution < 1.29 is 9.47 Å². The van der Waals surface area contributed by atoms with E-state index in [0.29, 0.717) is 24.5 Å². The highest BCUT2D eigenvalue weighted by molar-refractivity contribution is 14.0. The number of nitrogens with two attached hydrogens (primary N) is 1. The van der Waals surface area contributed by atoms with Gasteiger partial charge in [-0.05, 0) is 38.0 Å². The van der Waals surface area contributed by atoms with E-state index in [1.54, 1.807) is 0 Å². The third-order valence-electron chi connectivity index (χ3n) is 4.22. The van der Waals surface area contributed by atoms with Crippen LogP contribution in [0.25, 0.3) is 0 Å². The summed E-state index contributed by atoms with van der Waals surface area (Å²) in [5.41, 5.74) is 7.46. The number of morpholine rings is 1. The molecule has 1 aliphatic carbocycles. The summed E-state index contributed by atoms with van der Waals surface area (Å²) in [5, 5.41) is 0. The lowest BCUT2D eigenvalue weighted by molar-refractivity contribution is 0.00528. The van der Waals surface area contributed by atoms with Crippen molar-refractivity contribution in [3.05, 3.63) is 29.8 Å². The first-order valence-corrected chi connectivity index (χ1v) is 8.10. The summed E-state index contributed by atoms with van der Waals surface area (Å²) < 4.78 is 11.1. The molecule has 0 spiro atoms. The van der Waals surface area contributed by atoms with Gasteiger partial charge in [0.15, 0.2) is 5.96 Å². The van der Waals surface area contributed by atoms with Crippen LogP contribution in [-0.4, -0.2) is 49.3 Å².